The van der Waals surface area contributed by atoms with E-state index in [4.69, 9.17) is 0 Å². The SMILES string of the molecule is CCc1ccc(Cn2c(Br)nnc2SC(C)(C)C(=O)[O-])c2ccccc12.[Na+]. The Hall–Kier alpha value is -0.860. The third kappa shape index (κ3) is 4.77. The molecule has 0 aliphatic carbocycles. The molecular formula is C19H19BrN3NaO2S. The van der Waals surface area contributed by atoms with Gasteiger partial charge in [-0.15, -0.1) is 10.2 Å². The van der Waals surface area contributed by atoms with Crippen LogP contribution in [-0.4, -0.2) is 25.5 Å². The molecule has 0 fully saturated rings. The van der Waals surface area contributed by atoms with Gasteiger partial charge in [-0.05, 0) is 58.1 Å². The fourth-order valence-electron chi connectivity index (χ4n) is 2.79. The maximum Gasteiger partial charge on any atom is 1.00 e. The third-order valence-corrected chi connectivity index (χ3v) is 6.07. The number of aryl methyl sites for hydroxylation is 1. The van der Waals surface area contributed by atoms with Crippen LogP contribution in [0.1, 0.15) is 31.9 Å². The van der Waals surface area contributed by atoms with Gasteiger partial charge in [0.15, 0.2) is 5.16 Å². The van der Waals surface area contributed by atoms with Gasteiger partial charge in [-0.2, -0.15) is 0 Å². The molecule has 5 nitrogen and oxygen atoms in total. The molecule has 0 unspecified atom stereocenters. The molecule has 2 aromatic carbocycles. The molecule has 0 saturated carbocycles. The molecule has 1 aromatic heterocycles. The molecule has 0 amide bonds. The van der Waals surface area contributed by atoms with Crippen LogP contribution >= 0.6 is 27.7 Å². The second-order valence-corrected chi connectivity index (χ2v) is 8.82. The van der Waals surface area contributed by atoms with Crippen molar-refractivity contribution in [3.8, 4) is 0 Å². The molecular weight excluding hydrogens is 437 g/mol. The Morgan fingerprint density at radius 3 is 2.33 bits per heavy atom. The smallest absolute Gasteiger partial charge is 0.549 e. The van der Waals surface area contributed by atoms with Gasteiger partial charge in [0.05, 0.1) is 17.3 Å². The zero-order valence-electron chi connectivity index (χ0n) is 15.8. The first-order valence-electron chi connectivity index (χ1n) is 8.32. The van der Waals surface area contributed by atoms with Gasteiger partial charge in [-0.25, -0.2) is 0 Å². The minimum atomic E-state index is -1.13. The molecule has 0 bridgehead atoms. The summed E-state index contributed by atoms with van der Waals surface area (Å²) in [6.07, 6.45) is 0.970. The van der Waals surface area contributed by atoms with E-state index in [2.05, 4.69) is 57.3 Å². The average Bonchev–Trinajstić information content (AvgIpc) is 2.94. The van der Waals surface area contributed by atoms with Gasteiger partial charge in [-0.1, -0.05) is 55.1 Å². The summed E-state index contributed by atoms with van der Waals surface area (Å²) in [4.78, 5) is 11.3. The molecule has 3 rings (SSSR count). The minimum absolute atomic E-state index is 0. The van der Waals surface area contributed by atoms with Gasteiger partial charge in [-0.3, -0.25) is 4.57 Å². The molecule has 136 valence electrons. The second kappa shape index (κ2) is 9.09. The normalized spacial score (nSPS) is 11.4. The van der Waals surface area contributed by atoms with E-state index in [9.17, 15) is 9.90 Å². The van der Waals surface area contributed by atoms with Gasteiger partial charge in [0.2, 0.25) is 4.73 Å². The summed E-state index contributed by atoms with van der Waals surface area (Å²) >= 11 is 4.56. The van der Waals surface area contributed by atoms with Gasteiger partial charge < -0.3 is 9.90 Å². The topological polar surface area (TPSA) is 70.8 Å². The Morgan fingerprint density at radius 2 is 1.74 bits per heavy atom. The maximum absolute atomic E-state index is 11.3. The number of aromatic nitrogens is 3. The van der Waals surface area contributed by atoms with Crippen LogP contribution in [0, 0.1) is 0 Å². The summed E-state index contributed by atoms with van der Waals surface area (Å²) in [6.45, 7) is 5.90. The number of hydrogen-bond donors (Lipinski definition) is 0. The quantitative estimate of drug-likeness (QED) is 0.398. The monoisotopic (exact) mass is 455 g/mol. The number of halogens is 1. The van der Waals surface area contributed by atoms with Crippen molar-refractivity contribution >= 4 is 44.4 Å². The number of nitrogens with zero attached hydrogens (tertiary/aromatic N) is 3. The van der Waals surface area contributed by atoms with Gasteiger partial charge >= 0.3 is 29.6 Å². The van der Waals surface area contributed by atoms with Crippen molar-refractivity contribution < 1.29 is 39.5 Å². The summed E-state index contributed by atoms with van der Waals surface area (Å²) in [5.41, 5.74) is 2.44. The van der Waals surface area contributed by atoms with E-state index in [-0.39, 0.29) is 29.6 Å². The molecule has 1 heterocycles. The summed E-state index contributed by atoms with van der Waals surface area (Å²) in [7, 11) is 0. The van der Waals surface area contributed by atoms with Crippen LogP contribution in [0.2, 0.25) is 0 Å². The van der Waals surface area contributed by atoms with E-state index in [1.165, 1.54) is 16.3 Å². The van der Waals surface area contributed by atoms with Crippen LogP contribution in [0.3, 0.4) is 0 Å². The van der Waals surface area contributed by atoms with Crippen molar-refractivity contribution in [1.29, 1.82) is 0 Å². The molecule has 0 saturated heterocycles. The summed E-state index contributed by atoms with van der Waals surface area (Å²) in [6, 6.07) is 12.6. The molecule has 0 atom stereocenters. The molecule has 3 aromatic rings. The summed E-state index contributed by atoms with van der Waals surface area (Å²) in [5.74, 6) is -1.13. The third-order valence-electron chi connectivity index (χ3n) is 4.32. The predicted octanol–water partition coefficient (Wildman–Crippen LogP) is 0.429. The number of carbonyl (C=O) groups excluding carboxylic acids is 1. The van der Waals surface area contributed by atoms with Crippen LogP contribution in [0.15, 0.2) is 46.3 Å². The number of rotatable bonds is 6. The number of fused-ring (bicyclic) bond motifs is 1. The Balaban J connectivity index is 0.00000261. The molecule has 0 radical (unpaired) electrons. The van der Waals surface area contributed by atoms with Gasteiger partial charge in [0, 0.05) is 0 Å². The fourth-order valence-corrected chi connectivity index (χ4v) is 4.16. The van der Waals surface area contributed by atoms with Crippen LogP contribution in [0.4, 0.5) is 0 Å². The molecule has 8 heteroatoms. The van der Waals surface area contributed by atoms with Crippen molar-refractivity contribution in [2.75, 3.05) is 0 Å². The number of carboxylic acids is 1. The molecule has 27 heavy (non-hydrogen) atoms. The zero-order valence-corrected chi connectivity index (χ0v) is 20.2. The standard InChI is InChI=1S/C19H20BrN3O2S.Na/c1-4-12-9-10-13(15-8-6-5-7-14(12)15)11-23-17(20)21-22-18(23)26-19(2,3)16(24)25;/h5-10H,4,11H2,1-3H3,(H,24,25);/q;+1/p-1. The van der Waals surface area contributed by atoms with E-state index >= 15 is 0 Å². The first-order chi connectivity index (χ1) is 12.3. The fraction of sp³-hybridized carbons (Fsp3) is 0.316. The van der Waals surface area contributed by atoms with Crippen molar-refractivity contribution in [3.63, 3.8) is 0 Å². The maximum atomic E-state index is 11.3. The Kier molecular flexibility index (Phi) is 7.55. The molecule has 0 aliphatic heterocycles. The van der Waals surface area contributed by atoms with Crippen LogP contribution in [0.25, 0.3) is 10.8 Å². The number of hydrogen-bond acceptors (Lipinski definition) is 5. The van der Waals surface area contributed by atoms with E-state index in [1.54, 1.807) is 13.8 Å². The van der Waals surface area contributed by atoms with Crippen molar-refractivity contribution in [2.45, 2.75) is 43.6 Å². The van der Waals surface area contributed by atoms with Crippen molar-refractivity contribution in [3.05, 3.63) is 52.3 Å². The minimum Gasteiger partial charge on any atom is -0.549 e. The number of benzene rings is 2. The summed E-state index contributed by atoms with van der Waals surface area (Å²) < 4.78 is 1.35. The van der Waals surface area contributed by atoms with Crippen LogP contribution in [0.5, 0.6) is 0 Å². The van der Waals surface area contributed by atoms with Crippen molar-refractivity contribution in [2.24, 2.45) is 0 Å². The van der Waals surface area contributed by atoms with E-state index < -0.39 is 10.7 Å². The molecule has 0 N–H and O–H groups in total. The molecule has 0 aliphatic rings. The summed E-state index contributed by atoms with van der Waals surface area (Å²) in [5, 5.41) is 22.5. The second-order valence-electron chi connectivity index (χ2n) is 6.52. The number of thioether (sulfide) groups is 1. The number of aliphatic carboxylic acids is 1. The van der Waals surface area contributed by atoms with Crippen LogP contribution < -0.4 is 34.7 Å². The van der Waals surface area contributed by atoms with Gasteiger partial charge in [0.1, 0.15) is 0 Å². The van der Waals surface area contributed by atoms with E-state index in [0.717, 1.165) is 23.7 Å². The number of carbonyl (C=O) groups is 1. The average molecular weight is 456 g/mol. The zero-order chi connectivity index (χ0) is 18.9. The van der Waals surface area contributed by atoms with Crippen molar-refractivity contribution in [1.82, 2.24) is 14.8 Å². The Morgan fingerprint density at radius 1 is 1.15 bits per heavy atom. The van der Waals surface area contributed by atoms with E-state index in [0.29, 0.717) is 16.4 Å². The van der Waals surface area contributed by atoms with E-state index in [1.807, 2.05) is 16.7 Å². The number of carboxylic acid groups (broad SMARTS) is 1. The first-order valence-corrected chi connectivity index (χ1v) is 9.93. The molecule has 0 spiro atoms. The predicted molar refractivity (Wildman–Crippen MR) is 105 cm³/mol. The first kappa shape index (κ1) is 22.4. The Labute approximate surface area is 193 Å². The largest absolute Gasteiger partial charge is 1.00 e. The van der Waals surface area contributed by atoms with Crippen LogP contribution in [-0.2, 0) is 17.8 Å². The Bertz CT molecular complexity index is 975. The van der Waals surface area contributed by atoms with Gasteiger partial charge in [0.25, 0.3) is 0 Å².